The summed E-state index contributed by atoms with van der Waals surface area (Å²) in [6.45, 7) is 4.70. The van der Waals surface area contributed by atoms with E-state index in [0.717, 1.165) is 25.2 Å². The fourth-order valence-electron chi connectivity index (χ4n) is 7.93. The molecule has 4 aromatic rings. The van der Waals surface area contributed by atoms with E-state index >= 15 is 0 Å². The van der Waals surface area contributed by atoms with Crippen LogP contribution in [-0.2, 0) is 0 Å². The molecule has 4 aliphatic rings. The van der Waals surface area contributed by atoms with Crippen LogP contribution >= 0.6 is 59.5 Å². The van der Waals surface area contributed by atoms with Gasteiger partial charge in [-0.25, -0.2) is 0 Å². The Morgan fingerprint density at radius 3 is 1.37 bits per heavy atom. The summed E-state index contributed by atoms with van der Waals surface area (Å²) in [6.07, 6.45) is 15.0. The second kappa shape index (κ2) is 18.4. The lowest BCUT2D eigenvalue weighted by Gasteiger charge is -2.37. The molecule has 8 rings (SSSR count). The summed E-state index contributed by atoms with van der Waals surface area (Å²) in [5, 5.41) is 0. The number of rotatable bonds is 8. The molecule has 272 valence electrons. The van der Waals surface area contributed by atoms with Crippen LogP contribution in [0.15, 0.2) is 114 Å². The van der Waals surface area contributed by atoms with E-state index < -0.39 is 0 Å². The average Bonchev–Trinajstić information content (AvgIpc) is 3.16. The number of halogens is 1. The van der Waals surface area contributed by atoms with Gasteiger partial charge in [0, 0.05) is 54.5 Å². The summed E-state index contributed by atoms with van der Waals surface area (Å²) in [5.41, 5.74) is 5.51. The van der Waals surface area contributed by atoms with Crippen LogP contribution in [0.25, 0.3) is 0 Å². The number of fused-ring (bicyclic) bond motifs is 4. The summed E-state index contributed by atoms with van der Waals surface area (Å²) in [5.74, 6) is 0. The van der Waals surface area contributed by atoms with Crippen molar-refractivity contribution < 1.29 is 0 Å². The van der Waals surface area contributed by atoms with Gasteiger partial charge in [0.2, 0.25) is 0 Å². The zero-order chi connectivity index (χ0) is 34.5. The van der Waals surface area contributed by atoms with Gasteiger partial charge in [0.25, 0.3) is 0 Å². The minimum atomic E-state index is 0. The molecule has 0 bridgehead atoms. The standard InChI is InChI=1S/2C21H26N2S2.ClH/c2*1-22-13-6-5-7-16(22)12-14-23-18-8-3-4-9-20(18)25-21-11-10-17(24-2)15-19(21)23;/h2*3-4,8-11,15-16H,5-7,12-14H2,1-2H3;1H. The minimum absolute atomic E-state index is 0. The van der Waals surface area contributed by atoms with Crippen molar-refractivity contribution in [2.45, 2.75) is 92.8 Å². The molecule has 0 aromatic heterocycles. The van der Waals surface area contributed by atoms with E-state index in [1.54, 1.807) is 0 Å². The average molecular weight is 778 g/mol. The maximum Gasteiger partial charge on any atom is 0.0564 e. The van der Waals surface area contributed by atoms with Gasteiger partial charge in [-0.05, 0) is 139 Å². The molecule has 4 aliphatic heterocycles. The fourth-order valence-corrected chi connectivity index (χ4v) is 10.9. The van der Waals surface area contributed by atoms with Crippen molar-refractivity contribution in [3.63, 3.8) is 0 Å². The van der Waals surface area contributed by atoms with E-state index in [9.17, 15) is 0 Å². The number of likely N-dealkylation sites (tertiary alicyclic amines) is 2. The van der Waals surface area contributed by atoms with Crippen LogP contribution in [0.4, 0.5) is 22.7 Å². The lowest BCUT2D eigenvalue weighted by molar-refractivity contribution is 0.178. The number of nitrogens with zero attached hydrogens (tertiary/aromatic N) is 4. The van der Waals surface area contributed by atoms with Crippen LogP contribution in [0.1, 0.15) is 51.4 Å². The highest BCUT2D eigenvalue weighted by Gasteiger charge is 2.27. The summed E-state index contributed by atoms with van der Waals surface area (Å²) >= 11 is 7.47. The SMILES string of the molecule is CSc1ccc2c(c1)N(CCC1CCCCN1C)c1ccccc1S2.CSc1ccc2c(c1)N(CCC1CCCCN1C)c1ccccc1S2.Cl. The van der Waals surface area contributed by atoms with Gasteiger partial charge >= 0.3 is 0 Å². The fraction of sp³-hybridized carbons (Fsp3) is 0.429. The molecule has 2 fully saturated rings. The highest BCUT2D eigenvalue weighted by atomic mass is 35.5. The first-order chi connectivity index (χ1) is 24.5. The number of thioether (sulfide) groups is 2. The van der Waals surface area contributed by atoms with Gasteiger partial charge in [-0.1, -0.05) is 60.6 Å². The van der Waals surface area contributed by atoms with Gasteiger partial charge < -0.3 is 19.6 Å². The molecule has 0 N–H and O–H groups in total. The molecule has 4 nitrogen and oxygen atoms in total. The molecular formula is C42H53ClN4S4. The minimum Gasteiger partial charge on any atom is -0.340 e. The Morgan fingerprint density at radius 1 is 0.549 bits per heavy atom. The molecular weight excluding hydrogens is 724 g/mol. The molecule has 2 unspecified atom stereocenters. The largest absolute Gasteiger partial charge is 0.340 e. The van der Waals surface area contributed by atoms with E-state index in [1.165, 1.54) is 117 Å². The second-order valence-electron chi connectivity index (χ2n) is 13.9. The first kappa shape index (κ1) is 38.8. The molecule has 0 saturated carbocycles. The van der Waals surface area contributed by atoms with Crippen LogP contribution < -0.4 is 9.80 Å². The molecule has 0 radical (unpaired) electrons. The highest BCUT2D eigenvalue weighted by Crippen LogP contribution is 2.50. The first-order valence-corrected chi connectivity index (χ1v) is 22.5. The van der Waals surface area contributed by atoms with E-state index in [2.05, 4.69) is 131 Å². The quantitative estimate of drug-likeness (QED) is 0.162. The smallest absolute Gasteiger partial charge is 0.0564 e. The van der Waals surface area contributed by atoms with Gasteiger partial charge in [-0.3, -0.25) is 0 Å². The van der Waals surface area contributed by atoms with Crippen molar-refractivity contribution in [2.24, 2.45) is 0 Å². The van der Waals surface area contributed by atoms with Crippen molar-refractivity contribution >= 4 is 82.2 Å². The van der Waals surface area contributed by atoms with Gasteiger partial charge in [-0.2, -0.15) is 0 Å². The van der Waals surface area contributed by atoms with Gasteiger partial charge in [0.05, 0.1) is 22.7 Å². The van der Waals surface area contributed by atoms with Crippen LogP contribution in [-0.4, -0.2) is 74.7 Å². The number of para-hydroxylation sites is 2. The second-order valence-corrected chi connectivity index (χ2v) is 17.9. The number of piperidine rings is 2. The summed E-state index contributed by atoms with van der Waals surface area (Å²) < 4.78 is 0. The lowest BCUT2D eigenvalue weighted by Crippen LogP contribution is -2.38. The molecule has 2 atom stereocenters. The third-order valence-electron chi connectivity index (χ3n) is 10.9. The van der Waals surface area contributed by atoms with E-state index in [4.69, 9.17) is 0 Å². The molecule has 0 spiro atoms. The van der Waals surface area contributed by atoms with Crippen molar-refractivity contribution in [1.29, 1.82) is 0 Å². The molecule has 4 aromatic carbocycles. The van der Waals surface area contributed by atoms with E-state index in [-0.39, 0.29) is 12.4 Å². The van der Waals surface area contributed by atoms with Crippen molar-refractivity contribution in [2.75, 3.05) is 62.6 Å². The predicted octanol–water partition coefficient (Wildman–Crippen LogP) is 12.2. The Hall–Kier alpha value is -1.91. The van der Waals surface area contributed by atoms with Crippen LogP contribution in [0.3, 0.4) is 0 Å². The number of benzene rings is 4. The number of hydrogen-bond acceptors (Lipinski definition) is 8. The van der Waals surface area contributed by atoms with Gasteiger partial charge in [0.1, 0.15) is 0 Å². The molecule has 2 saturated heterocycles. The normalized spacial score (nSPS) is 19.8. The van der Waals surface area contributed by atoms with Crippen LogP contribution in [0, 0.1) is 0 Å². The predicted molar refractivity (Wildman–Crippen MR) is 229 cm³/mol. The van der Waals surface area contributed by atoms with Gasteiger partial charge in [-0.15, -0.1) is 35.9 Å². The van der Waals surface area contributed by atoms with Crippen molar-refractivity contribution in [1.82, 2.24) is 9.80 Å². The summed E-state index contributed by atoms with van der Waals surface area (Å²) in [6, 6.07) is 33.0. The third-order valence-corrected chi connectivity index (χ3v) is 14.6. The third kappa shape index (κ3) is 9.08. The first-order valence-electron chi connectivity index (χ1n) is 18.4. The van der Waals surface area contributed by atoms with Crippen molar-refractivity contribution in [3.8, 4) is 0 Å². The number of anilines is 4. The van der Waals surface area contributed by atoms with E-state index in [1.807, 2.05) is 47.0 Å². The summed E-state index contributed by atoms with van der Waals surface area (Å²) in [7, 11) is 4.59. The lowest BCUT2D eigenvalue weighted by atomic mass is 9.99. The Bertz CT molecular complexity index is 1630. The molecule has 0 aliphatic carbocycles. The zero-order valence-electron chi connectivity index (χ0n) is 30.6. The van der Waals surface area contributed by atoms with Crippen molar-refractivity contribution in [3.05, 3.63) is 84.9 Å². The Morgan fingerprint density at radius 2 is 0.961 bits per heavy atom. The maximum atomic E-state index is 2.56. The Kier molecular flexibility index (Phi) is 14.0. The van der Waals surface area contributed by atoms with Gasteiger partial charge in [0.15, 0.2) is 0 Å². The molecule has 0 amide bonds. The monoisotopic (exact) mass is 776 g/mol. The molecule has 51 heavy (non-hydrogen) atoms. The highest BCUT2D eigenvalue weighted by molar-refractivity contribution is 8.00. The molecule has 4 heterocycles. The van der Waals surface area contributed by atoms with E-state index in [0.29, 0.717) is 0 Å². The maximum absolute atomic E-state index is 2.56. The van der Waals surface area contributed by atoms with Crippen LogP contribution in [0.2, 0.25) is 0 Å². The summed E-state index contributed by atoms with van der Waals surface area (Å²) in [4.78, 5) is 18.5. The molecule has 9 heteroatoms. The zero-order valence-corrected chi connectivity index (χ0v) is 34.6. The Labute approximate surface area is 330 Å². The van der Waals surface area contributed by atoms with Crippen LogP contribution in [0.5, 0.6) is 0 Å². The number of hydrogen-bond donors (Lipinski definition) is 0. The topological polar surface area (TPSA) is 13.0 Å². The Balaban J connectivity index is 0.000000172.